The third-order valence-electron chi connectivity index (χ3n) is 4.71. The molecule has 0 saturated carbocycles. The molecule has 1 N–H and O–H groups in total. The fourth-order valence-electron chi connectivity index (χ4n) is 3.57. The first kappa shape index (κ1) is 12.9. The van der Waals surface area contributed by atoms with Gasteiger partial charge in [0.2, 0.25) is 11.8 Å². The van der Waals surface area contributed by atoms with Crippen LogP contribution in [0.3, 0.4) is 0 Å². The molecular formula is C14H23N3O2. The van der Waals surface area contributed by atoms with Crippen molar-refractivity contribution in [1.29, 1.82) is 0 Å². The van der Waals surface area contributed by atoms with E-state index >= 15 is 0 Å². The van der Waals surface area contributed by atoms with Crippen molar-refractivity contribution < 1.29 is 9.59 Å². The Kier molecular flexibility index (Phi) is 3.73. The molecule has 2 amide bonds. The van der Waals surface area contributed by atoms with Crippen LogP contribution in [0, 0.1) is 5.92 Å². The summed E-state index contributed by atoms with van der Waals surface area (Å²) in [5, 5.41) is 3.36. The number of nitrogens with one attached hydrogen (secondary N) is 1. The number of carbonyl (C=O) groups is 2. The summed E-state index contributed by atoms with van der Waals surface area (Å²) in [6.45, 7) is 4.28. The van der Waals surface area contributed by atoms with Crippen molar-refractivity contribution in [1.82, 2.24) is 15.1 Å². The summed E-state index contributed by atoms with van der Waals surface area (Å²) in [7, 11) is 0. The molecule has 0 spiro atoms. The number of amides is 2. The van der Waals surface area contributed by atoms with Gasteiger partial charge < -0.3 is 15.1 Å². The van der Waals surface area contributed by atoms with Gasteiger partial charge >= 0.3 is 0 Å². The van der Waals surface area contributed by atoms with E-state index < -0.39 is 0 Å². The van der Waals surface area contributed by atoms with Crippen LogP contribution >= 0.6 is 0 Å². The van der Waals surface area contributed by atoms with Crippen molar-refractivity contribution in [2.75, 3.05) is 32.7 Å². The van der Waals surface area contributed by atoms with E-state index in [1.54, 1.807) is 0 Å². The molecule has 3 heterocycles. The van der Waals surface area contributed by atoms with E-state index in [9.17, 15) is 9.59 Å². The predicted molar refractivity (Wildman–Crippen MR) is 71.5 cm³/mol. The van der Waals surface area contributed by atoms with Crippen LogP contribution in [0.25, 0.3) is 0 Å². The highest BCUT2D eigenvalue weighted by atomic mass is 16.2. The lowest BCUT2D eigenvalue weighted by molar-refractivity contribution is -0.139. The third-order valence-corrected chi connectivity index (χ3v) is 4.71. The fourth-order valence-corrected chi connectivity index (χ4v) is 3.57. The molecule has 3 fully saturated rings. The maximum absolute atomic E-state index is 12.3. The van der Waals surface area contributed by atoms with Crippen LogP contribution in [0.4, 0.5) is 0 Å². The van der Waals surface area contributed by atoms with E-state index in [1.165, 1.54) is 12.8 Å². The maximum atomic E-state index is 12.3. The SMILES string of the molecule is O=C(CC1CCCNC1)N1CCN2C(=O)CCC2C1. The normalized spacial score (nSPS) is 31.5. The molecule has 0 aromatic rings. The van der Waals surface area contributed by atoms with Gasteiger partial charge in [-0.05, 0) is 38.3 Å². The molecule has 0 aromatic carbocycles. The van der Waals surface area contributed by atoms with E-state index in [0.29, 0.717) is 18.8 Å². The molecule has 106 valence electrons. The number of hydrogen-bond acceptors (Lipinski definition) is 3. The van der Waals surface area contributed by atoms with Crippen LogP contribution in [0.1, 0.15) is 32.1 Å². The number of hydrogen-bond donors (Lipinski definition) is 1. The quantitative estimate of drug-likeness (QED) is 0.776. The summed E-state index contributed by atoms with van der Waals surface area (Å²) in [5.41, 5.74) is 0. The van der Waals surface area contributed by atoms with Crippen LogP contribution < -0.4 is 5.32 Å². The van der Waals surface area contributed by atoms with Crippen molar-refractivity contribution in [3.63, 3.8) is 0 Å². The highest BCUT2D eigenvalue weighted by molar-refractivity contribution is 5.80. The lowest BCUT2D eigenvalue weighted by Gasteiger charge is -2.38. The van der Waals surface area contributed by atoms with Gasteiger partial charge in [0.1, 0.15) is 0 Å². The Morgan fingerprint density at radius 2 is 2.21 bits per heavy atom. The second kappa shape index (κ2) is 5.49. The Morgan fingerprint density at radius 3 is 3.00 bits per heavy atom. The number of nitrogens with zero attached hydrogens (tertiary/aromatic N) is 2. The minimum atomic E-state index is 0.272. The largest absolute Gasteiger partial charge is 0.339 e. The second-order valence-electron chi connectivity index (χ2n) is 6.04. The Hall–Kier alpha value is -1.10. The molecule has 0 bridgehead atoms. The summed E-state index contributed by atoms with van der Waals surface area (Å²) < 4.78 is 0. The van der Waals surface area contributed by atoms with Crippen molar-refractivity contribution in [3.8, 4) is 0 Å². The fraction of sp³-hybridized carbons (Fsp3) is 0.857. The van der Waals surface area contributed by atoms with Gasteiger partial charge in [-0.3, -0.25) is 9.59 Å². The van der Waals surface area contributed by atoms with Crippen molar-refractivity contribution in [2.45, 2.75) is 38.1 Å². The highest BCUT2D eigenvalue weighted by Gasteiger charge is 2.37. The topological polar surface area (TPSA) is 52.7 Å². The second-order valence-corrected chi connectivity index (χ2v) is 6.04. The number of carbonyl (C=O) groups excluding carboxylic acids is 2. The smallest absolute Gasteiger partial charge is 0.223 e. The molecule has 3 saturated heterocycles. The lowest BCUT2D eigenvalue weighted by Crippen LogP contribution is -2.53. The summed E-state index contributed by atoms with van der Waals surface area (Å²) in [4.78, 5) is 27.9. The molecule has 2 atom stereocenters. The first-order chi connectivity index (χ1) is 9.24. The number of fused-ring (bicyclic) bond motifs is 1. The Balaban J connectivity index is 1.52. The van der Waals surface area contributed by atoms with Gasteiger partial charge in [-0.1, -0.05) is 0 Å². The molecule has 5 heteroatoms. The summed E-state index contributed by atoms with van der Waals surface area (Å²) >= 11 is 0. The average Bonchev–Trinajstić information content (AvgIpc) is 2.81. The van der Waals surface area contributed by atoms with Gasteiger partial charge in [0.25, 0.3) is 0 Å². The van der Waals surface area contributed by atoms with Crippen LogP contribution in [0.5, 0.6) is 0 Å². The molecule has 0 aromatic heterocycles. The van der Waals surface area contributed by atoms with Gasteiger partial charge in [-0.25, -0.2) is 0 Å². The Morgan fingerprint density at radius 1 is 1.32 bits per heavy atom. The van der Waals surface area contributed by atoms with Crippen LogP contribution in [0.15, 0.2) is 0 Å². The molecule has 19 heavy (non-hydrogen) atoms. The number of piperazine rings is 1. The molecule has 2 unspecified atom stereocenters. The van der Waals surface area contributed by atoms with Gasteiger partial charge in [0.05, 0.1) is 0 Å². The minimum Gasteiger partial charge on any atom is -0.339 e. The summed E-state index contributed by atoms with van der Waals surface area (Å²) in [6.07, 6.45) is 4.62. The van der Waals surface area contributed by atoms with Crippen LogP contribution in [-0.2, 0) is 9.59 Å². The standard InChI is InChI=1S/C14H23N3O2/c18-13-4-3-12-10-16(6-7-17(12)13)14(19)8-11-2-1-5-15-9-11/h11-12,15H,1-10H2. The molecular weight excluding hydrogens is 242 g/mol. The number of rotatable bonds is 2. The van der Waals surface area contributed by atoms with Gasteiger partial charge in [0.15, 0.2) is 0 Å². The molecule has 0 radical (unpaired) electrons. The van der Waals surface area contributed by atoms with Crippen molar-refractivity contribution >= 4 is 11.8 Å². The van der Waals surface area contributed by atoms with Gasteiger partial charge in [0, 0.05) is 38.5 Å². The highest BCUT2D eigenvalue weighted by Crippen LogP contribution is 2.24. The predicted octanol–water partition coefficient (Wildman–Crippen LogP) is 0.209. The Labute approximate surface area is 114 Å². The summed E-state index contributed by atoms with van der Waals surface area (Å²) in [6, 6.07) is 0.287. The van der Waals surface area contributed by atoms with Gasteiger partial charge in [-0.2, -0.15) is 0 Å². The van der Waals surface area contributed by atoms with E-state index in [0.717, 1.165) is 39.1 Å². The monoisotopic (exact) mass is 265 g/mol. The van der Waals surface area contributed by atoms with E-state index in [2.05, 4.69) is 5.32 Å². The molecule has 5 nitrogen and oxygen atoms in total. The van der Waals surface area contributed by atoms with E-state index in [-0.39, 0.29) is 17.9 Å². The average molecular weight is 265 g/mol. The maximum Gasteiger partial charge on any atom is 0.223 e. The first-order valence-electron chi connectivity index (χ1n) is 7.52. The minimum absolute atomic E-state index is 0.272. The third kappa shape index (κ3) is 2.76. The summed E-state index contributed by atoms with van der Waals surface area (Å²) in [5.74, 6) is 1.06. The van der Waals surface area contributed by atoms with Crippen molar-refractivity contribution in [3.05, 3.63) is 0 Å². The van der Waals surface area contributed by atoms with Crippen molar-refractivity contribution in [2.24, 2.45) is 5.92 Å². The number of piperidine rings is 1. The zero-order valence-corrected chi connectivity index (χ0v) is 11.4. The zero-order chi connectivity index (χ0) is 13.2. The zero-order valence-electron chi connectivity index (χ0n) is 11.4. The lowest BCUT2D eigenvalue weighted by atomic mass is 9.95. The van der Waals surface area contributed by atoms with Gasteiger partial charge in [-0.15, -0.1) is 0 Å². The van der Waals surface area contributed by atoms with Crippen LogP contribution in [0.2, 0.25) is 0 Å². The molecule has 3 aliphatic heterocycles. The van der Waals surface area contributed by atoms with E-state index in [4.69, 9.17) is 0 Å². The molecule has 0 aliphatic carbocycles. The van der Waals surface area contributed by atoms with Crippen LogP contribution in [-0.4, -0.2) is 60.4 Å². The molecule has 3 aliphatic rings. The molecule has 3 rings (SSSR count). The van der Waals surface area contributed by atoms with E-state index in [1.807, 2.05) is 9.80 Å². The first-order valence-corrected chi connectivity index (χ1v) is 7.52. The Bertz CT molecular complexity index is 366.